The Hall–Kier alpha value is -4.17. The lowest BCUT2D eigenvalue weighted by molar-refractivity contribution is -0.136. The van der Waals surface area contributed by atoms with Crippen LogP contribution < -0.4 is 20.8 Å². The fourth-order valence-electron chi connectivity index (χ4n) is 2.98. The lowest BCUT2D eigenvalue weighted by Crippen LogP contribution is -2.32. The maximum atomic E-state index is 12.2. The van der Waals surface area contributed by atoms with Gasteiger partial charge in [0, 0.05) is 5.69 Å². The second-order valence-electron chi connectivity index (χ2n) is 7.31. The van der Waals surface area contributed by atoms with Gasteiger partial charge in [-0.3, -0.25) is 14.4 Å². The summed E-state index contributed by atoms with van der Waals surface area (Å²) in [5, 5.41) is 9.51. The second kappa shape index (κ2) is 11.6. The summed E-state index contributed by atoms with van der Waals surface area (Å²) in [6.45, 7) is 3.46. The van der Waals surface area contributed by atoms with Crippen LogP contribution in [0.15, 0.2) is 71.8 Å². The first-order valence-electron chi connectivity index (χ1n) is 10.3. The van der Waals surface area contributed by atoms with Gasteiger partial charge in [0.1, 0.15) is 5.75 Å². The Bertz CT molecular complexity index is 1220. The molecular weight excluding hydrogens is 456 g/mol. The largest absolute Gasteiger partial charge is 0.484 e. The third kappa shape index (κ3) is 6.91. The number of nitrogens with one attached hydrogen (secondary N) is 3. The Morgan fingerprint density at radius 1 is 0.912 bits per heavy atom. The summed E-state index contributed by atoms with van der Waals surface area (Å²) in [5.41, 5.74) is 5.58. The molecule has 0 aliphatic rings. The van der Waals surface area contributed by atoms with Gasteiger partial charge >= 0.3 is 11.8 Å². The molecule has 0 aliphatic carbocycles. The number of carbonyl (C=O) groups is 3. The monoisotopic (exact) mass is 478 g/mol. The summed E-state index contributed by atoms with van der Waals surface area (Å²) in [7, 11) is 0. The Kier molecular flexibility index (Phi) is 8.37. The molecule has 0 bridgehead atoms. The van der Waals surface area contributed by atoms with Crippen LogP contribution in [-0.2, 0) is 14.4 Å². The number of nitrogens with zero attached hydrogens (tertiary/aromatic N) is 1. The number of anilines is 2. The Labute approximate surface area is 202 Å². The Balaban J connectivity index is 1.51. The van der Waals surface area contributed by atoms with E-state index in [1.165, 1.54) is 6.21 Å². The number of halogens is 1. The van der Waals surface area contributed by atoms with Gasteiger partial charge in [-0.05, 0) is 54.8 Å². The van der Waals surface area contributed by atoms with Crippen LogP contribution in [0.5, 0.6) is 5.75 Å². The van der Waals surface area contributed by atoms with Crippen LogP contribution >= 0.6 is 11.6 Å². The molecule has 0 spiro atoms. The average Bonchev–Trinajstić information content (AvgIpc) is 2.82. The van der Waals surface area contributed by atoms with Crippen LogP contribution in [0.3, 0.4) is 0 Å². The molecule has 8 nitrogen and oxygen atoms in total. The predicted molar refractivity (Wildman–Crippen MR) is 132 cm³/mol. The fraction of sp³-hybridized carbons (Fsp3) is 0.120. The van der Waals surface area contributed by atoms with Crippen LogP contribution in [0.1, 0.15) is 16.7 Å². The van der Waals surface area contributed by atoms with Crippen molar-refractivity contribution in [1.82, 2.24) is 5.43 Å². The molecule has 3 rings (SSSR count). The van der Waals surface area contributed by atoms with Gasteiger partial charge in [0.15, 0.2) is 6.61 Å². The first kappa shape index (κ1) is 24.5. The first-order chi connectivity index (χ1) is 16.3. The zero-order chi connectivity index (χ0) is 24.5. The van der Waals surface area contributed by atoms with E-state index in [4.69, 9.17) is 16.3 Å². The summed E-state index contributed by atoms with van der Waals surface area (Å²) in [5.74, 6) is -1.66. The number of aryl methyl sites for hydroxylation is 2. The Morgan fingerprint density at radius 3 is 2.35 bits per heavy atom. The number of ether oxygens (including phenoxy) is 1. The third-order valence-electron chi connectivity index (χ3n) is 4.68. The SMILES string of the molecule is Cc1cccc(C)c1NC(=O)C(=O)N/N=C\c1cccc(OCC(=O)Nc2ccccc2Cl)c1. The number of para-hydroxylation sites is 2. The predicted octanol–water partition coefficient (Wildman–Crippen LogP) is 4.06. The maximum absolute atomic E-state index is 12.2. The highest BCUT2D eigenvalue weighted by Crippen LogP contribution is 2.21. The molecule has 0 unspecified atom stereocenters. The van der Waals surface area contributed by atoms with Crippen LogP contribution in [0.2, 0.25) is 5.02 Å². The lowest BCUT2D eigenvalue weighted by Gasteiger charge is -2.10. The molecule has 0 heterocycles. The minimum atomic E-state index is -0.900. The van der Waals surface area contributed by atoms with E-state index in [0.29, 0.717) is 27.7 Å². The number of rotatable bonds is 7. The molecule has 34 heavy (non-hydrogen) atoms. The zero-order valence-corrected chi connectivity index (χ0v) is 19.3. The highest BCUT2D eigenvalue weighted by Gasteiger charge is 2.15. The zero-order valence-electron chi connectivity index (χ0n) is 18.6. The van der Waals surface area contributed by atoms with E-state index < -0.39 is 11.8 Å². The van der Waals surface area contributed by atoms with Crippen molar-refractivity contribution in [2.45, 2.75) is 13.8 Å². The smallest absolute Gasteiger partial charge is 0.329 e. The number of amides is 3. The van der Waals surface area contributed by atoms with Crippen molar-refractivity contribution < 1.29 is 19.1 Å². The van der Waals surface area contributed by atoms with Gasteiger partial charge in [-0.1, -0.05) is 54.1 Å². The van der Waals surface area contributed by atoms with Crippen molar-refractivity contribution in [1.29, 1.82) is 0 Å². The maximum Gasteiger partial charge on any atom is 0.329 e. The fourth-order valence-corrected chi connectivity index (χ4v) is 3.16. The molecule has 3 aromatic rings. The molecular formula is C25H23ClN4O4. The van der Waals surface area contributed by atoms with Gasteiger partial charge < -0.3 is 15.4 Å². The van der Waals surface area contributed by atoms with Crippen LogP contribution in [-0.4, -0.2) is 30.5 Å². The van der Waals surface area contributed by atoms with Gasteiger partial charge in [-0.25, -0.2) is 5.43 Å². The number of benzene rings is 3. The van der Waals surface area contributed by atoms with E-state index in [1.807, 2.05) is 32.0 Å². The molecule has 0 aliphatic heterocycles. The lowest BCUT2D eigenvalue weighted by atomic mass is 10.1. The second-order valence-corrected chi connectivity index (χ2v) is 7.72. The summed E-state index contributed by atoms with van der Waals surface area (Å²) in [4.78, 5) is 36.3. The van der Waals surface area contributed by atoms with Gasteiger partial charge in [0.05, 0.1) is 16.9 Å². The molecule has 3 amide bonds. The molecule has 0 fully saturated rings. The van der Waals surface area contributed by atoms with Gasteiger partial charge in [-0.2, -0.15) is 5.10 Å². The number of hydrazone groups is 1. The highest BCUT2D eigenvalue weighted by molar-refractivity contribution is 6.39. The van der Waals surface area contributed by atoms with Crippen molar-refractivity contribution in [3.63, 3.8) is 0 Å². The first-order valence-corrected chi connectivity index (χ1v) is 10.7. The van der Waals surface area contributed by atoms with E-state index in [9.17, 15) is 14.4 Å². The standard InChI is InChI=1S/C25H23ClN4O4/c1-16-7-5-8-17(2)23(16)29-24(32)25(33)30-27-14-18-9-6-10-19(13-18)34-15-22(31)28-21-12-4-3-11-20(21)26/h3-14H,15H2,1-2H3,(H,28,31)(H,29,32)(H,30,33)/b27-14-. The number of hydrogen-bond acceptors (Lipinski definition) is 5. The molecule has 0 atom stereocenters. The molecule has 174 valence electrons. The number of hydrogen-bond donors (Lipinski definition) is 3. The van der Waals surface area contributed by atoms with Crippen molar-refractivity contribution in [3.05, 3.63) is 88.4 Å². The van der Waals surface area contributed by atoms with Gasteiger partial charge in [-0.15, -0.1) is 0 Å². The van der Waals surface area contributed by atoms with E-state index in [0.717, 1.165) is 11.1 Å². The topological polar surface area (TPSA) is 109 Å². The molecule has 0 radical (unpaired) electrons. The van der Waals surface area contributed by atoms with Crippen molar-refractivity contribution in [3.8, 4) is 5.75 Å². The summed E-state index contributed by atoms with van der Waals surface area (Å²) >= 11 is 6.03. The molecule has 0 saturated heterocycles. The van der Waals surface area contributed by atoms with Gasteiger partial charge in [0.2, 0.25) is 0 Å². The summed E-state index contributed by atoms with van der Waals surface area (Å²) in [6, 6.07) is 19.2. The van der Waals surface area contributed by atoms with E-state index in [-0.39, 0.29) is 12.5 Å². The van der Waals surface area contributed by atoms with Gasteiger partial charge in [0.25, 0.3) is 5.91 Å². The van der Waals surface area contributed by atoms with E-state index in [1.54, 1.807) is 48.5 Å². The number of carbonyl (C=O) groups excluding carboxylic acids is 3. The van der Waals surface area contributed by atoms with Crippen LogP contribution in [0.25, 0.3) is 0 Å². The van der Waals surface area contributed by atoms with Crippen LogP contribution in [0.4, 0.5) is 11.4 Å². The molecule has 3 aromatic carbocycles. The van der Waals surface area contributed by atoms with Crippen molar-refractivity contribution in [2.75, 3.05) is 17.2 Å². The summed E-state index contributed by atoms with van der Waals surface area (Å²) < 4.78 is 5.51. The summed E-state index contributed by atoms with van der Waals surface area (Å²) in [6.07, 6.45) is 1.36. The van der Waals surface area contributed by atoms with Crippen LogP contribution in [0, 0.1) is 13.8 Å². The Morgan fingerprint density at radius 2 is 1.62 bits per heavy atom. The molecule has 0 saturated carbocycles. The molecule has 0 aromatic heterocycles. The molecule has 3 N–H and O–H groups in total. The average molecular weight is 479 g/mol. The highest BCUT2D eigenvalue weighted by atomic mass is 35.5. The third-order valence-corrected chi connectivity index (χ3v) is 5.01. The minimum absolute atomic E-state index is 0.221. The quantitative estimate of drug-likeness (QED) is 0.270. The molecule has 9 heteroatoms. The van der Waals surface area contributed by atoms with E-state index in [2.05, 4.69) is 21.2 Å². The van der Waals surface area contributed by atoms with Crippen molar-refractivity contribution in [2.24, 2.45) is 5.10 Å². The van der Waals surface area contributed by atoms with Crippen molar-refractivity contribution >= 4 is 46.9 Å². The minimum Gasteiger partial charge on any atom is -0.484 e. The normalized spacial score (nSPS) is 10.6. The van der Waals surface area contributed by atoms with E-state index >= 15 is 0 Å².